The van der Waals surface area contributed by atoms with Gasteiger partial charge in [0, 0.05) is 38.8 Å². The van der Waals surface area contributed by atoms with Crippen molar-refractivity contribution >= 4 is 32.6 Å². The maximum atomic E-state index is 7.17. The van der Waals surface area contributed by atoms with E-state index in [0.29, 0.717) is 5.82 Å². The van der Waals surface area contributed by atoms with Gasteiger partial charge in [0.05, 0.1) is 28.0 Å². The van der Waals surface area contributed by atoms with E-state index < -0.39 is 0 Å². The molecule has 3 aromatic heterocycles. The first-order chi connectivity index (χ1) is 26.3. The fourth-order valence-electron chi connectivity index (χ4n) is 7.38. The SMILES string of the molecule is c1ccc(-c2cc(-c3cccc(-c4oc5c(c(-c6ccccc6)nc6ccccc65)c4-c4cccc5ccccc45)c3)nc(-c3ccccc3)n2)cc1. The zero-order valence-electron chi connectivity index (χ0n) is 28.6. The van der Waals surface area contributed by atoms with Gasteiger partial charge in [-0.2, -0.15) is 0 Å². The minimum atomic E-state index is 0.678. The van der Waals surface area contributed by atoms with Crippen LogP contribution in [0.4, 0.5) is 0 Å². The smallest absolute Gasteiger partial charge is 0.160 e. The third kappa shape index (κ3) is 5.45. The van der Waals surface area contributed by atoms with Crippen molar-refractivity contribution in [1.29, 1.82) is 0 Å². The lowest BCUT2D eigenvalue weighted by Crippen LogP contribution is -1.96. The van der Waals surface area contributed by atoms with E-state index in [0.717, 1.165) is 94.4 Å². The summed E-state index contributed by atoms with van der Waals surface area (Å²) in [6.07, 6.45) is 0. The summed E-state index contributed by atoms with van der Waals surface area (Å²) in [5.41, 5.74) is 11.4. The number of benzene rings is 7. The Labute approximate surface area is 306 Å². The van der Waals surface area contributed by atoms with Crippen LogP contribution in [-0.4, -0.2) is 15.0 Å². The van der Waals surface area contributed by atoms with Gasteiger partial charge in [-0.25, -0.2) is 15.0 Å². The van der Waals surface area contributed by atoms with Crippen LogP contribution in [-0.2, 0) is 0 Å². The average molecular weight is 678 g/mol. The molecule has 0 saturated heterocycles. The molecular weight excluding hydrogens is 647 g/mol. The van der Waals surface area contributed by atoms with E-state index in [2.05, 4.69) is 140 Å². The monoisotopic (exact) mass is 677 g/mol. The molecule has 10 aromatic rings. The average Bonchev–Trinajstić information content (AvgIpc) is 3.65. The second-order valence-electron chi connectivity index (χ2n) is 13.2. The number of para-hydroxylation sites is 1. The van der Waals surface area contributed by atoms with Gasteiger partial charge in [0.2, 0.25) is 0 Å². The van der Waals surface area contributed by atoms with Crippen LogP contribution >= 0.6 is 0 Å². The summed E-state index contributed by atoms with van der Waals surface area (Å²) in [6, 6.07) is 64.7. The predicted octanol–water partition coefficient (Wildman–Crippen LogP) is 12.9. The van der Waals surface area contributed by atoms with Gasteiger partial charge < -0.3 is 4.42 Å². The molecule has 0 amide bonds. The van der Waals surface area contributed by atoms with Crippen LogP contribution in [0.5, 0.6) is 0 Å². The van der Waals surface area contributed by atoms with E-state index in [1.54, 1.807) is 0 Å². The van der Waals surface area contributed by atoms with Gasteiger partial charge in [0.25, 0.3) is 0 Å². The number of furan rings is 1. The number of hydrogen-bond acceptors (Lipinski definition) is 4. The standard InChI is InChI=1S/C49H31N3O/c1-4-17-33(18-5-1)42-31-43(52-49(51-42)35-21-8-3-9-22-35)36-24-14-25-37(30-36)47-44(39-28-15-23-32-16-10-11-26-38(32)39)45-46(34-19-6-2-7-20-34)50-41-29-13-12-27-40(41)48(45)53-47/h1-31H. The molecule has 0 aliphatic carbocycles. The van der Waals surface area contributed by atoms with Crippen molar-refractivity contribution in [2.75, 3.05) is 0 Å². The number of pyridine rings is 1. The Morgan fingerprint density at radius 2 is 0.962 bits per heavy atom. The summed E-state index contributed by atoms with van der Waals surface area (Å²) in [5.74, 6) is 1.46. The molecule has 0 N–H and O–H groups in total. The lowest BCUT2D eigenvalue weighted by atomic mass is 9.91. The van der Waals surface area contributed by atoms with Crippen LogP contribution in [0.2, 0.25) is 0 Å². The lowest BCUT2D eigenvalue weighted by molar-refractivity contribution is 0.636. The largest absolute Gasteiger partial charge is 0.455 e. The Hall–Kier alpha value is -7.17. The Bertz CT molecular complexity index is 2870. The number of aromatic nitrogens is 3. The molecule has 0 aliphatic rings. The van der Waals surface area contributed by atoms with E-state index in [1.165, 1.54) is 0 Å². The van der Waals surface area contributed by atoms with Gasteiger partial charge in [-0.15, -0.1) is 0 Å². The second kappa shape index (κ2) is 12.9. The van der Waals surface area contributed by atoms with Crippen molar-refractivity contribution in [3.63, 3.8) is 0 Å². The molecule has 7 aromatic carbocycles. The second-order valence-corrected chi connectivity index (χ2v) is 13.2. The molecule has 4 heteroatoms. The minimum absolute atomic E-state index is 0.678. The Balaban J connectivity index is 1.26. The van der Waals surface area contributed by atoms with Crippen molar-refractivity contribution in [2.45, 2.75) is 0 Å². The van der Waals surface area contributed by atoms with Gasteiger partial charge in [-0.05, 0) is 40.6 Å². The van der Waals surface area contributed by atoms with E-state index in [1.807, 2.05) is 48.5 Å². The molecule has 0 fully saturated rings. The molecule has 0 saturated carbocycles. The van der Waals surface area contributed by atoms with E-state index in [9.17, 15) is 0 Å². The number of rotatable bonds is 6. The van der Waals surface area contributed by atoms with Crippen LogP contribution in [0.3, 0.4) is 0 Å². The molecule has 0 unspecified atom stereocenters. The first-order valence-electron chi connectivity index (χ1n) is 17.8. The van der Waals surface area contributed by atoms with Crippen molar-refractivity contribution in [1.82, 2.24) is 15.0 Å². The Kier molecular flexibility index (Phi) is 7.43. The summed E-state index contributed by atoms with van der Waals surface area (Å²) >= 11 is 0. The van der Waals surface area contributed by atoms with Crippen molar-refractivity contribution in [2.24, 2.45) is 0 Å². The van der Waals surface area contributed by atoms with E-state index in [-0.39, 0.29) is 0 Å². The predicted molar refractivity (Wildman–Crippen MR) is 217 cm³/mol. The molecule has 0 radical (unpaired) electrons. The van der Waals surface area contributed by atoms with Crippen molar-refractivity contribution < 1.29 is 4.42 Å². The zero-order chi connectivity index (χ0) is 35.1. The molecule has 3 heterocycles. The molecule has 4 nitrogen and oxygen atoms in total. The highest BCUT2D eigenvalue weighted by Crippen LogP contribution is 2.48. The highest BCUT2D eigenvalue weighted by atomic mass is 16.3. The molecule has 0 atom stereocenters. The van der Waals surface area contributed by atoms with Crippen molar-refractivity contribution in [3.05, 3.63) is 188 Å². The van der Waals surface area contributed by atoms with E-state index >= 15 is 0 Å². The summed E-state index contributed by atoms with van der Waals surface area (Å²) < 4.78 is 7.17. The van der Waals surface area contributed by atoms with E-state index in [4.69, 9.17) is 19.4 Å². The van der Waals surface area contributed by atoms with Crippen LogP contribution in [0.15, 0.2) is 192 Å². The fourth-order valence-corrected chi connectivity index (χ4v) is 7.38. The topological polar surface area (TPSA) is 51.8 Å². The highest BCUT2D eigenvalue weighted by Gasteiger charge is 2.25. The van der Waals surface area contributed by atoms with Crippen LogP contribution < -0.4 is 0 Å². The molecular formula is C49H31N3O. The molecule has 0 bridgehead atoms. The van der Waals surface area contributed by atoms with Crippen LogP contribution in [0, 0.1) is 0 Å². The Morgan fingerprint density at radius 1 is 0.396 bits per heavy atom. The van der Waals surface area contributed by atoms with Gasteiger partial charge in [0.1, 0.15) is 11.3 Å². The lowest BCUT2D eigenvalue weighted by Gasteiger charge is -2.12. The third-order valence-corrected chi connectivity index (χ3v) is 9.88. The quantitative estimate of drug-likeness (QED) is 0.176. The van der Waals surface area contributed by atoms with Crippen LogP contribution in [0.25, 0.3) is 100 Å². The van der Waals surface area contributed by atoms with Crippen molar-refractivity contribution in [3.8, 4) is 67.6 Å². The molecule has 10 rings (SSSR count). The van der Waals surface area contributed by atoms with Gasteiger partial charge in [0.15, 0.2) is 5.82 Å². The molecule has 0 aliphatic heterocycles. The summed E-state index contributed by atoms with van der Waals surface area (Å²) in [4.78, 5) is 15.5. The maximum absolute atomic E-state index is 7.17. The first kappa shape index (κ1) is 30.6. The summed E-state index contributed by atoms with van der Waals surface area (Å²) in [5, 5.41) is 4.28. The van der Waals surface area contributed by atoms with Gasteiger partial charge in [-0.3, -0.25) is 0 Å². The first-order valence-corrected chi connectivity index (χ1v) is 17.8. The maximum Gasteiger partial charge on any atom is 0.160 e. The normalized spacial score (nSPS) is 11.4. The van der Waals surface area contributed by atoms with Gasteiger partial charge >= 0.3 is 0 Å². The summed E-state index contributed by atoms with van der Waals surface area (Å²) in [6.45, 7) is 0. The number of nitrogens with zero attached hydrogens (tertiary/aromatic N) is 3. The Morgan fingerprint density at radius 3 is 1.74 bits per heavy atom. The number of fused-ring (bicyclic) bond motifs is 4. The highest BCUT2D eigenvalue weighted by molar-refractivity contribution is 6.19. The minimum Gasteiger partial charge on any atom is -0.455 e. The zero-order valence-corrected chi connectivity index (χ0v) is 28.6. The third-order valence-electron chi connectivity index (χ3n) is 9.88. The summed E-state index contributed by atoms with van der Waals surface area (Å²) in [7, 11) is 0. The molecule has 0 spiro atoms. The molecule has 53 heavy (non-hydrogen) atoms. The fraction of sp³-hybridized carbons (Fsp3) is 0. The van der Waals surface area contributed by atoms with Gasteiger partial charge in [-0.1, -0.05) is 164 Å². The van der Waals surface area contributed by atoms with Crippen LogP contribution in [0.1, 0.15) is 0 Å². The molecule has 248 valence electrons. The number of hydrogen-bond donors (Lipinski definition) is 0.